The Morgan fingerprint density at radius 3 is 2.40 bits per heavy atom. The van der Waals surface area contributed by atoms with Crippen molar-refractivity contribution >= 4 is 0 Å². The van der Waals surface area contributed by atoms with E-state index in [2.05, 4.69) is 51.0 Å². The lowest BCUT2D eigenvalue weighted by molar-refractivity contribution is 0.210. The van der Waals surface area contributed by atoms with Crippen LogP contribution >= 0.6 is 0 Å². The van der Waals surface area contributed by atoms with E-state index in [4.69, 9.17) is 5.11 Å². The Labute approximate surface area is 92.5 Å². The first-order valence-corrected chi connectivity index (χ1v) is 5.40. The van der Waals surface area contributed by atoms with Crippen molar-refractivity contribution in [1.82, 2.24) is 4.90 Å². The smallest absolute Gasteiger partial charge is 0.0449 e. The zero-order valence-electron chi connectivity index (χ0n) is 10.1. The molecular formula is C13H21NO. The lowest BCUT2D eigenvalue weighted by Crippen LogP contribution is -2.21. The zero-order chi connectivity index (χ0) is 11.4. The van der Waals surface area contributed by atoms with Crippen LogP contribution in [-0.2, 0) is 0 Å². The van der Waals surface area contributed by atoms with Crippen LogP contribution < -0.4 is 0 Å². The lowest BCUT2D eigenvalue weighted by Gasteiger charge is -2.25. The van der Waals surface area contributed by atoms with Crippen molar-refractivity contribution < 1.29 is 5.11 Å². The summed E-state index contributed by atoms with van der Waals surface area (Å²) in [4.78, 5) is 2.16. The molecule has 0 aliphatic rings. The number of aryl methyl sites for hydroxylation is 2. The highest BCUT2D eigenvalue weighted by atomic mass is 16.3. The number of nitrogens with zero attached hydrogens (tertiary/aromatic N) is 1. The minimum atomic E-state index is 0.232. The summed E-state index contributed by atoms with van der Waals surface area (Å²) in [6.45, 7) is 4.47. The van der Waals surface area contributed by atoms with Gasteiger partial charge >= 0.3 is 0 Å². The molecule has 0 aliphatic carbocycles. The van der Waals surface area contributed by atoms with Gasteiger partial charge in [0.05, 0.1) is 0 Å². The van der Waals surface area contributed by atoms with Crippen LogP contribution in [0.4, 0.5) is 0 Å². The molecule has 84 valence electrons. The first-order chi connectivity index (χ1) is 7.06. The van der Waals surface area contributed by atoms with E-state index >= 15 is 0 Å². The molecular weight excluding hydrogens is 186 g/mol. The van der Waals surface area contributed by atoms with Crippen molar-refractivity contribution in [2.75, 3.05) is 20.7 Å². The van der Waals surface area contributed by atoms with E-state index < -0.39 is 0 Å². The van der Waals surface area contributed by atoms with Crippen molar-refractivity contribution in [1.29, 1.82) is 0 Å². The van der Waals surface area contributed by atoms with Crippen molar-refractivity contribution in [3.8, 4) is 0 Å². The SMILES string of the molecule is Cc1ccc(C(CCO)N(C)C)c(C)c1. The Morgan fingerprint density at radius 1 is 1.27 bits per heavy atom. The van der Waals surface area contributed by atoms with E-state index in [0.29, 0.717) is 6.04 Å². The van der Waals surface area contributed by atoms with Gasteiger partial charge in [0.15, 0.2) is 0 Å². The average Bonchev–Trinajstić information content (AvgIpc) is 2.15. The number of hydrogen-bond acceptors (Lipinski definition) is 2. The molecule has 0 heterocycles. The van der Waals surface area contributed by atoms with Gasteiger partial charge in [-0.3, -0.25) is 0 Å². The van der Waals surface area contributed by atoms with Gasteiger partial charge in [0.25, 0.3) is 0 Å². The van der Waals surface area contributed by atoms with Crippen molar-refractivity contribution in [3.05, 3.63) is 34.9 Å². The van der Waals surface area contributed by atoms with Gasteiger partial charge in [-0.05, 0) is 45.5 Å². The number of aliphatic hydroxyl groups excluding tert-OH is 1. The van der Waals surface area contributed by atoms with E-state index in [1.807, 2.05) is 0 Å². The molecule has 0 aliphatic heterocycles. The monoisotopic (exact) mass is 207 g/mol. The molecule has 0 aromatic heterocycles. The van der Waals surface area contributed by atoms with Crippen LogP contribution in [0.2, 0.25) is 0 Å². The van der Waals surface area contributed by atoms with Crippen molar-refractivity contribution in [2.45, 2.75) is 26.3 Å². The maximum atomic E-state index is 9.07. The van der Waals surface area contributed by atoms with Gasteiger partial charge in [-0.25, -0.2) is 0 Å². The molecule has 2 nitrogen and oxygen atoms in total. The summed E-state index contributed by atoms with van der Waals surface area (Å²) >= 11 is 0. The van der Waals surface area contributed by atoms with E-state index in [1.54, 1.807) is 0 Å². The Hall–Kier alpha value is -0.860. The first kappa shape index (κ1) is 12.2. The topological polar surface area (TPSA) is 23.5 Å². The van der Waals surface area contributed by atoms with Gasteiger partial charge in [0.1, 0.15) is 0 Å². The quantitative estimate of drug-likeness (QED) is 0.819. The molecule has 0 saturated heterocycles. The summed E-state index contributed by atoms with van der Waals surface area (Å²) in [6, 6.07) is 6.82. The predicted molar refractivity (Wildman–Crippen MR) is 64.0 cm³/mol. The molecule has 1 rings (SSSR count). The van der Waals surface area contributed by atoms with Crippen LogP contribution in [-0.4, -0.2) is 30.7 Å². The standard InChI is InChI=1S/C13H21NO/c1-10-5-6-12(11(2)9-10)13(7-8-15)14(3)4/h5-6,9,13,15H,7-8H2,1-4H3. The highest BCUT2D eigenvalue weighted by molar-refractivity contribution is 5.32. The second kappa shape index (κ2) is 5.29. The van der Waals surface area contributed by atoms with Gasteiger partial charge < -0.3 is 10.0 Å². The van der Waals surface area contributed by atoms with E-state index in [1.165, 1.54) is 16.7 Å². The Kier molecular flexibility index (Phi) is 4.30. The average molecular weight is 207 g/mol. The summed E-state index contributed by atoms with van der Waals surface area (Å²) < 4.78 is 0. The molecule has 0 fully saturated rings. The maximum absolute atomic E-state index is 9.07. The van der Waals surface area contributed by atoms with Crippen LogP contribution in [0.3, 0.4) is 0 Å². The zero-order valence-corrected chi connectivity index (χ0v) is 10.1. The molecule has 0 saturated carbocycles. The highest BCUT2D eigenvalue weighted by Gasteiger charge is 2.15. The van der Waals surface area contributed by atoms with Crippen LogP contribution in [0, 0.1) is 13.8 Å². The third kappa shape index (κ3) is 3.05. The molecule has 0 spiro atoms. The van der Waals surface area contributed by atoms with Crippen molar-refractivity contribution in [2.24, 2.45) is 0 Å². The van der Waals surface area contributed by atoms with E-state index in [-0.39, 0.29) is 6.61 Å². The number of aliphatic hydroxyl groups is 1. The number of benzene rings is 1. The van der Waals surface area contributed by atoms with Crippen LogP contribution in [0.1, 0.15) is 29.2 Å². The third-order valence-electron chi connectivity index (χ3n) is 2.81. The Balaban J connectivity index is 3.00. The summed E-state index contributed by atoms with van der Waals surface area (Å²) in [6.07, 6.45) is 0.789. The summed E-state index contributed by atoms with van der Waals surface area (Å²) in [5.41, 5.74) is 3.92. The fourth-order valence-corrected chi connectivity index (χ4v) is 2.01. The Bertz CT molecular complexity index is 320. The van der Waals surface area contributed by atoms with E-state index in [9.17, 15) is 0 Å². The van der Waals surface area contributed by atoms with Gasteiger partial charge in [-0.15, -0.1) is 0 Å². The maximum Gasteiger partial charge on any atom is 0.0449 e. The fourth-order valence-electron chi connectivity index (χ4n) is 2.01. The Morgan fingerprint density at radius 2 is 1.93 bits per heavy atom. The minimum absolute atomic E-state index is 0.232. The molecule has 2 heteroatoms. The lowest BCUT2D eigenvalue weighted by atomic mass is 9.96. The summed E-state index contributed by atoms with van der Waals surface area (Å²) in [7, 11) is 4.11. The molecule has 0 bridgehead atoms. The van der Waals surface area contributed by atoms with E-state index in [0.717, 1.165) is 6.42 Å². The molecule has 1 N–H and O–H groups in total. The van der Waals surface area contributed by atoms with Crippen LogP contribution in [0.5, 0.6) is 0 Å². The molecule has 15 heavy (non-hydrogen) atoms. The highest BCUT2D eigenvalue weighted by Crippen LogP contribution is 2.25. The second-order valence-electron chi connectivity index (χ2n) is 4.35. The summed E-state index contributed by atoms with van der Waals surface area (Å²) in [5, 5.41) is 9.07. The molecule has 1 aromatic rings. The molecule has 1 aromatic carbocycles. The van der Waals surface area contributed by atoms with Gasteiger partial charge in [0, 0.05) is 12.6 Å². The third-order valence-corrected chi connectivity index (χ3v) is 2.81. The fraction of sp³-hybridized carbons (Fsp3) is 0.538. The second-order valence-corrected chi connectivity index (χ2v) is 4.35. The largest absolute Gasteiger partial charge is 0.396 e. The van der Waals surface area contributed by atoms with Crippen LogP contribution in [0.25, 0.3) is 0 Å². The van der Waals surface area contributed by atoms with Gasteiger partial charge in [0.2, 0.25) is 0 Å². The van der Waals surface area contributed by atoms with Gasteiger partial charge in [-0.2, -0.15) is 0 Å². The van der Waals surface area contributed by atoms with Crippen molar-refractivity contribution in [3.63, 3.8) is 0 Å². The molecule has 1 unspecified atom stereocenters. The van der Waals surface area contributed by atoms with Gasteiger partial charge in [-0.1, -0.05) is 23.8 Å². The molecule has 1 atom stereocenters. The van der Waals surface area contributed by atoms with Crippen LogP contribution in [0.15, 0.2) is 18.2 Å². The molecule has 0 radical (unpaired) electrons. The minimum Gasteiger partial charge on any atom is -0.396 e. The summed E-state index contributed by atoms with van der Waals surface area (Å²) in [5.74, 6) is 0. The number of hydrogen-bond donors (Lipinski definition) is 1. The predicted octanol–water partition coefficient (Wildman–Crippen LogP) is 2.29. The first-order valence-electron chi connectivity index (χ1n) is 5.40. The molecule has 0 amide bonds. The normalized spacial score (nSPS) is 13.2. The number of rotatable bonds is 4.